The van der Waals surface area contributed by atoms with Gasteiger partial charge in [0.25, 0.3) is 11.5 Å². The lowest BCUT2D eigenvalue weighted by molar-refractivity contribution is -0.131. The van der Waals surface area contributed by atoms with Crippen LogP contribution in [0.1, 0.15) is 28.9 Å². The molecule has 2 amide bonds. The van der Waals surface area contributed by atoms with Gasteiger partial charge < -0.3 is 10.2 Å². The van der Waals surface area contributed by atoms with Crippen molar-refractivity contribution in [3.05, 3.63) is 64.1 Å². The summed E-state index contributed by atoms with van der Waals surface area (Å²) in [7, 11) is 0. The zero-order valence-electron chi connectivity index (χ0n) is 13.8. The fraction of sp³-hybridized carbons (Fsp3) is 0.333. The zero-order valence-corrected chi connectivity index (χ0v) is 13.8. The van der Waals surface area contributed by atoms with E-state index in [9.17, 15) is 14.4 Å². The lowest BCUT2D eigenvalue weighted by Crippen LogP contribution is -2.47. The van der Waals surface area contributed by atoms with Gasteiger partial charge in [0.15, 0.2) is 0 Å². The maximum absolute atomic E-state index is 12.3. The highest BCUT2D eigenvalue weighted by Crippen LogP contribution is 2.13. The van der Waals surface area contributed by atoms with Gasteiger partial charge in [0.1, 0.15) is 5.69 Å². The van der Waals surface area contributed by atoms with Gasteiger partial charge in [0.2, 0.25) is 5.91 Å². The Balaban J connectivity index is 1.48. The number of aromatic nitrogens is 2. The quantitative estimate of drug-likeness (QED) is 0.858. The van der Waals surface area contributed by atoms with Gasteiger partial charge in [-0.3, -0.25) is 14.4 Å². The second kappa shape index (κ2) is 7.74. The molecule has 1 fully saturated rings. The number of benzene rings is 1. The molecular weight excluding hydrogens is 320 g/mol. The van der Waals surface area contributed by atoms with Crippen LogP contribution in [0.3, 0.4) is 0 Å². The Labute approximate surface area is 145 Å². The Bertz CT molecular complexity index is 775. The molecule has 0 spiro atoms. The standard InChI is InChI=1S/C18H20N4O3/c23-16-7-6-15(20-21-16)18(25)19-14-8-10-22(11-9-14)17(24)12-13-4-2-1-3-5-13/h1-7,14H,8-12H2,(H,19,25)(H,21,23). The summed E-state index contributed by atoms with van der Waals surface area (Å²) in [4.78, 5) is 37.3. The van der Waals surface area contributed by atoms with Gasteiger partial charge >= 0.3 is 0 Å². The Morgan fingerprint density at radius 1 is 1.12 bits per heavy atom. The number of hydrogen-bond donors (Lipinski definition) is 2. The van der Waals surface area contributed by atoms with Crippen molar-refractivity contribution < 1.29 is 9.59 Å². The topological polar surface area (TPSA) is 95.2 Å². The van der Waals surface area contributed by atoms with Crippen molar-refractivity contribution in [1.82, 2.24) is 20.4 Å². The predicted octanol–water partition coefficient (Wildman–Crippen LogP) is 0.733. The van der Waals surface area contributed by atoms with Gasteiger partial charge in [0.05, 0.1) is 6.42 Å². The molecule has 130 valence electrons. The molecule has 0 atom stereocenters. The van der Waals surface area contributed by atoms with E-state index in [-0.39, 0.29) is 29.1 Å². The second-order valence-electron chi connectivity index (χ2n) is 6.10. The van der Waals surface area contributed by atoms with Crippen molar-refractivity contribution in [1.29, 1.82) is 0 Å². The molecule has 0 radical (unpaired) electrons. The number of aromatic amines is 1. The van der Waals surface area contributed by atoms with Crippen LogP contribution < -0.4 is 10.9 Å². The number of nitrogens with zero attached hydrogens (tertiary/aromatic N) is 2. The lowest BCUT2D eigenvalue weighted by atomic mass is 10.0. The van der Waals surface area contributed by atoms with Gasteiger partial charge in [-0.05, 0) is 24.5 Å². The molecule has 7 heteroatoms. The summed E-state index contributed by atoms with van der Waals surface area (Å²) in [5.74, 6) is -0.205. The number of amides is 2. The first-order valence-corrected chi connectivity index (χ1v) is 8.30. The maximum Gasteiger partial charge on any atom is 0.271 e. The first-order valence-electron chi connectivity index (χ1n) is 8.30. The first kappa shape index (κ1) is 16.9. The summed E-state index contributed by atoms with van der Waals surface area (Å²) < 4.78 is 0. The van der Waals surface area contributed by atoms with Crippen molar-refractivity contribution in [3.63, 3.8) is 0 Å². The summed E-state index contributed by atoms with van der Waals surface area (Å²) in [5.41, 5.74) is 0.844. The van der Waals surface area contributed by atoms with E-state index in [0.29, 0.717) is 32.4 Å². The summed E-state index contributed by atoms with van der Waals surface area (Å²) in [5, 5.41) is 8.87. The summed E-state index contributed by atoms with van der Waals surface area (Å²) in [6.07, 6.45) is 1.81. The number of piperidine rings is 1. The van der Waals surface area contributed by atoms with E-state index in [1.54, 1.807) is 0 Å². The predicted molar refractivity (Wildman–Crippen MR) is 92.1 cm³/mol. The minimum Gasteiger partial charge on any atom is -0.348 e. The van der Waals surface area contributed by atoms with E-state index in [1.807, 2.05) is 35.2 Å². The Morgan fingerprint density at radius 2 is 1.84 bits per heavy atom. The highest BCUT2D eigenvalue weighted by Gasteiger charge is 2.24. The van der Waals surface area contributed by atoms with Gasteiger partial charge in [-0.25, -0.2) is 5.10 Å². The molecule has 1 aliphatic rings. The van der Waals surface area contributed by atoms with Crippen LogP contribution in [0.25, 0.3) is 0 Å². The molecule has 0 unspecified atom stereocenters. The molecule has 0 aliphatic carbocycles. The molecule has 2 N–H and O–H groups in total. The third-order valence-electron chi connectivity index (χ3n) is 4.29. The van der Waals surface area contributed by atoms with Gasteiger partial charge in [0, 0.05) is 25.2 Å². The Morgan fingerprint density at radius 3 is 2.48 bits per heavy atom. The fourth-order valence-electron chi connectivity index (χ4n) is 2.89. The lowest BCUT2D eigenvalue weighted by Gasteiger charge is -2.32. The number of rotatable bonds is 4. The van der Waals surface area contributed by atoms with Crippen molar-refractivity contribution in [2.75, 3.05) is 13.1 Å². The summed E-state index contributed by atoms with van der Waals surface area (Å²) >= 11 is 0. The largest absolute Gasteiger partial charge is 0.348 e. The molecule has 2 aromatic rings. The molecule has 1 saturated heterocycles. The van der Waals surface area contributed by atoms with E-state index < -0.39 is 0 Å². The average Bonchev–Trinajstić information content (AvgIpc) is 2.63. The van der Waals surface area contributed by atoms with Crippen molar-refractivity contribution in [3.8, 4) is 0 Å². The molecule has 1 aromatic carbocycles. The van der Waals surface area contributed by atoms with E-state index in [2.05, 4.69) is 15.5 Å². The van der Waals surface area contributed by atoms with Crippen molar-refractivity contribution >= 4 is 11.8 Å². The number of likely N-dealkylation sites (tertiary alicyclic amines) is 1. The molecular formula is C18H20N4O3. The van der Waals surface area contributed by atoms with Crippen LogP contribution in [0.4, 0.5) is 0 Å². The molecule has 1 aromatic heterocycles. The second-order valence-corrected chi connectivity index (χ2v) is 6.10. The molecule has 25 heavy (non-hydrogen) atoms. The third-order valence-corrected chi connectivity index (χ3v) is 4.29. The average molecular weight is 340 g/mol. The SMILES string of the molecule is O=C(NC1CCN(C(=O)Cc2ccccc2)CC1)c1ccc(=O)[nH]n1. The van der Waals surface area contributed by atoms with Crippen LogP contribution in [-0.2, 0) is 11.2 Å². The summed E-state index contributed by atoms with van der Waals surface area (Å²) in [6.45, 7) is 1.24. The number of carbonyl (C=O) groups is 2. The van der Waals surface area contributed by atoms with Gasteiger partial charge in [-0.1, -0.05) is 30.3 Å². The minimum atomic E-state index is -0.346. The van der Waals surface area contributed by atoms with E-state index >= 15 is 0 Å². The molecule has 0 bridgehead atoms. The van der Waals surface area contributed by atoms with Crippen LogP contribution in [0, 0.1) is 0 Å². The highest BCUT2D eigenvalue weighted by atomic mass is 16.2. The minimum absolute atomic E-state index is 0.00185. The fourth-order valence-corrected chi connectivity index (χ4v) is 2.89. The van der Waals surface area contributed by atoms with E-state index in [0.717, 1.165) is 5.56 Å². The van der Waals surface area contributed by atoms with Crippen LogP contribution in [-0.4, -0.2) is 46.0 Å². The number of hydrogen-bond acceptors (Lipinski definition) is 4. The normalized spacial score (nSPS) is 15.0. The van der Waals surface area contributed by atoms with Crippen LogP contribution in [0.5, 0.6) is 0 Å². The van der Waals surface area contributed by atoms with Crippen LogP contribution in [0.2, 0.25) is 0 Å². The maximum atomic E-state index is 12.3. The Hall–Kier alpha value is -2.96. The van der Waals surface area contributed by atoms with Crippen molar-refractivity contribution in [2.45, 2.75) is 25.3 Å². The number of H-pyrrole nitrogens is 1. The number of nitrogens with one attached hydrogen (secondary N) is 2. The summed E-state index contributed by atoms with van der Waals surface area (Å²) in [6, 6.07) is 12.3. The van der Waals surface area contributed by atoms with Gasteiger partial charge in [-0.2, -0.15) is 5.10 Å². The van der Waals surface area contributed by atoms with Gasteiger partial charge in [-0.15, -0.1) is 0 Å². The molecule has 7 nitrogen and oxygen atoms in total. The van der Waals surface area contributed by atoms with E-state index in [1.165, 1.54) is 12.1 Å². The van der Waals surface area contributed by atoms with Crippen LogP contribution in [0.15, 0.2) is 47.3 Å². The smallest absolute Gasteiger partial charge is 0.271 e. The molecule has 1 aliphatic heterocycles. The van der Waals surface area contributed by atoms with Crippen molar-refractivity contribution in [2.24, 2.45) is 0 Å². The molecule has 3 rings (SSSR count). The first-order chi connectivity index (χ1) is 12.1. The third kappa shape index (κ3) is 4.53. The number of carbonyl (C=O) groups excluding carboxylic acids is 2. The molecule has 2 heterocycles. The highest BCUT2D eigenvalue weighted by molar-refractivity contribution is 5.92. The monoisotopic (exact) mass is 340 g/mol. The zero-order chi connectivity index (χ0) is 17.6. The van der Waals surface area contributed by atoms with Crippen LogP contribution >= 0.6 is 0 Å². The van der Waals surface area contributed by atoms with E-state index in [4.69, 9.17) is 0 Å². The molecule has 0 saturated carbocycles. The Kier molecular flexibility index (Phi) is 5.23.